The van der Waals surface area contributed by atoms with Gasteiger partial charge in [-0.1, -0.05) is 36.0 Å². The smallest absolute Gasteiger partial charge is 0.335 e. The van der Waals surface area contributed by atoms with Crippen LogP contribution in [0.1, 0.15) is 16.8 Å². The van der Waals surface area contributed by atoms with E-state index in [2.05, 4.69) is 10.2 Å². The fourth-order valence-corrected chi connectivity index (χ4v) is 2.77. The van der Waals surface area contributed by atoms with E-state index >= 15 is 0 Å². The minimum Gasteiger partial charge on any atom is -0.494 e. The first-order chi connectivity index (χ1) is 12.2. The summed E-state index contributed by atoms with van der Waals surface area (Å²) >= 11 is 1.46. The van der Waals surface area contributed by atoms with Gasteiger partial charge in [0.2, 0.25) is 5.89 Å². The van der Waals surface area contributed by atoms with E-state index in [1.54, 1.807) is 12.1 Å². The first-order valence-electron chi connectivity index (χ1n) is 7.70. The van der Waals surface area contributed by atoms with Crippen molar-refractivity contribution in [2.24, 2.45) is 0 Å². The minimum atomic E-state index is -0.966. The van der Waals surface area contributed by atoms with Gasteiger partial charge in [-0.2, -0.15) is 0 Å². The maximum atomic E-state index is 10.9. The van der Waals surface area contributed by atoms with Crippen molar-refractivity contribution in [1.82, 2.24) is 10.2 Å². The molecule has 128 valence electrons. The van der Waals surface area contributed by atoms with Crippen LogP contribution in [0.4, 0.5) is 0 Å². The van der Waals surface area contributed by atoms with E-state index in [-0.39, 0.29) is 5.56 Å². The van der Waals surface area contributed by atoms with Crippen LogP contribution in [0.2, 0.25) is 0 Å². The quantitative estimate of drug-likeness (QED) is 0.482. The molecule has 0 aliphatic heterocycles. The van der Waals surface area contributed by atoms with Crippen LogP contribution < -0.4 is 4.74 Å². The van der Waals surface area contributed by atoms with Crippen molar-refractivity contribution < 1.29 is 19.1 Å². The topological polar surface area (TPSA) is 85.5 Å². The number of hydrogen-bond acceptors (Lipinski definition) is 6. The zero-order chi connectivity index (χ0) is 17.5. The van der Waals surface area contributed by atoms with Gasteiger partial charge in [0.1, 0.15) is 5.75 Å². The number of nitrogens with zero attached hydrogens (tertiary/aromatic N) is 2. The first-order valence-corrected chi connectivity index (χ1v) is 8.69. The Labute approximate surface area is 148 Å². The third-order valence-corrected chi connectivity index (χ3v) is 4.20. The molecule has 25 heavy (non-hydrogen) atoms. The number of carboxylic acid groups (broad SMARTS) is 1. The molecule has 3 rings (SSSR count). The van der Waals surface area contributed by atoms with Crippen LogP contribution in [-0.2, 0) is 0 Å². The number of carboxylic acids is 1. The molecule has 0 radical (unpaired) electrons. The van der Waals surface area contributed by atoms with Crippen LogP contribution in [0.5, 0.6) is 5.75 Å². The van der Waals surface area contributed by atoms with Gasteiger partial charge in [-0.15, -0.1) is 10.2 Å². The Morgan fingerprint density at radius 1 is 1.12 bits per heavy atom. The van der Waals surface area contributed by atoms with Crippen molar-refractivity contribution in [2.45, 2.75) is 11.6 Å². The lowest BCUT2D eigenvalue weighted by Gasteiger charge is -2.06. The number of ether oxygens (including phenoxy) is 1. The maximum Gasteiger partial charge on any atom is 0.335 e. The molecule has 1 N–H and O–H groups in total. The highest BCUT2D eigenvalue weighted by atomic mass is 32.2. The lowest BCUT2D eigenvalue weighted by Crippen LogP contribution is -2.01. The van der Waals surface area contributed by atoms with E-state index in [1.807, 2.05) is 30.3 Å². The van der Waals surface area contributed by atoms with Crippen LogP contribution in [0.25, 0.3) is 11.5 Å². The zero-order valence-corrected chi connectivity index (χ0v) is 14.1. The highest BCUT2D eigenvalue weighted by molar-refractivity contribution is 7.99. The predicted molar refractivity (Wildman–Crippen MR) is 94.0 cm³/mol. The van der Waals surface area contributed by atoms with Gasteiger partial charge in [0, 0.05) is 11.3 Å². The van der Waals surface area contributed by atoms with Crippen molar-refractivity contribution in [2.75, 3.05) is 12.4 Å². The third kappa shape index (κ3) is 4.84. The lowest BCUT2D eigenvalue weighted by atomic mass is 10.2. The second kappa shape index (κ2) is 8.34. The second-order valence-corrected chi connectivity index (χ2v) is 6.17. The number of carbonyl (C=O) groups is 1. The molecule has 1 aromatic heterocycles. The molecule has 6 nitrogen and oxygen atoms in total. The summed E-state index contributed by atoms with van der Waals surface area (Å²) in [7, 11) is 0. The van der Waals surface area contributed by atoms with E-state index in [1.165, 1.54) is 23.9 Å². The number of hydrogen-bond donors (Lipinski definition) is 1. The molecule has 0 saturated carbocycles. The van der Waals surface area contributed by atoms with Gasteiger partial charge < -0.3 is 14.3 Å². The number of aromatic carboxylic acids is 1. The van der Waals surface area contributed by atoms with Crippen molar-refractivity contribution in [3.8, 4) is 17.2 Å². The molecule has 2 aromatic carbocycles. The minimum absolute atomic E-state index is 0.214. The average molecular weight is 356 g/mol. The van der Waals surface area contributed by atoms with Crippen LogP contribution in [0.3, 0.4) is 0 Å². The van der Waals surface area contributed by atoms with Crippen molar-refractivity contribution in [3.05, 3.63) is 60.2 Å². The van der Waals surface area contributed by atoms with Gasteiger partial charge in [-0.3, -0.25) is 0 Å². The normalized spacial score (nSPS) is 10.6. The fourth-order valence-electron chi connectivity index (χ4n) is 2.09. The molecular formula is C18H16N2O4S. The maximum absolute atomic E-state index is 10.9. The molecule has 0 spiro atoms. The van der Waals surface area contributed by atoms with E-state index in [0.29, 0.717) is 23.5 Å². The Morgan fingerprint density at radius 2 is 1.96 bits per heavy atom. The first kappa shape index (κ1) is 17.0. The SMILES string of the molecule is O=C(O)c1cccc(OCCCSc2nnc(-c3ccccc3)o2)c1. The van der Waals surface area contributed by atoms with Crippen molar-refractivity contribution in [3.63, 3.8) is 0 Å². The molecule has 0 aliphatic carbocycles. The molecule has 0 bridgehead atoms. The summed E-state index contributed by atoms with van der Waals surface area (Å²) < 4.78 is 11.2. The molecule has 0 fully saturated rings. The van der Waals surface area contributed by atoms with E-state index in [0.717, 1.165) is 17.7 Å². The van der Waals surface area contributed by atoms with Gasteiger partial charge in [0.05, 0.1) is 12.2 Å². The van der Waals surface area contributed by atoms with E-state index in [4.69, 9.17) is 14.3 Å². The van der Waals surface area contributed by atoms with Crippen LogP contribution in [0.15, 0.2) is 64.2 Å². The van der Waals surface area contributed by atoms with Gasteiger partial charge in [-0.25, -0.2) is 4.79 Å². The van der Waals surface area contributed by atoms with E-state index < -0.39 is 5.97 Å². The van der Waals surface area contributed by atoms with Crippen molar-refractivity contribution in [1.29, 1.82) is 0 Å². The van der Waals surface area contributed by atoms with Crippen LogP contribution in [-0.4, -0.2) is 33.6 Å². The summed E-state index contributed by atoms with van der Waals surface area (Å²) in [6.07, 6.45) is 0.769. The molecule has 0 aliphatic rings. The number of benzene rings is 2. The van der Waals surface area contributed by atoms with Gasteiger partial charge in [-0.05, 0) is 36.8 Å². The summed E-state index contributed by atoms with van der Waals surface area (Å²) in [5.74, 6) is 0.847. The monoisotopic (exact) mass is 356 g/mol. The summed E-state index contributed by atoms with van der Waals surface area (Å²) in [5, 5.41) is 17.5. The summed E-state index contributed by atoms with van der Waals surface area (Å²) in [4.78, 5) is 10.9. The molecule has 0 atom stereocenters. The standard InChI is InChI=1S/C18H16N2O4S/c21-17(22)14-8-4-9-15(12-14)23-10-5-11-25-18-20-19-16(24-18)13-6-2-1-3-7-13/h1-4,6-9,12H,5,10-11H2,(H,21,22). The average Bonchev–Trinajstić information content (AvgIpc) is 3.11. The largest absolute Gasteiger partial charge is 0.494 e. The highest BCUT2D eigenvalue weighted by Gasteiger charge is 2.08. The predicted octanol–water partition coefficient (Wildman–Crippen LogP) is 4.00. The van der Waals surface area contributed by atoms with Crippen LogP contribution >= 0.6 is 11.8 Å². The Balaban J connectivity index is 1.43. The fraction of sp³-hybridized carbons (Fsp3) is 0.167. The summed E-state index contributed by atoms with van der Waals surface area (Å²) in [6.45, 7) is 0.482. The Hall–Kier alpha value is -2.80. The van der Waals surface area contributed by atoms with Crippen LogP contribution in [0, 0.1) is 0 Å². The molecule has 0 amide bonds. The molecular weight excluding hydrogens is 340 g/mol. The molecule has 1 heterocycles. The Morgan fingerprint density at radius 3 is 2.76 bits per heavy atom. The zero-order valence-electron chi connectivity index (χ0n) is 13.3. The lowest BCUT2D eigenvalue weighted by molar-refractivity contribution is 0.0696. The summed E-state index contributed by atoms with van der Waals surface area (Å²) in [6, 6.07) is 16.1. The van der Waals surface area contributed by atoms with Crippen molar-refractivity contribution >= 4 is 17.7 Å². The third-order valence-electron chi connectivity index (χ3n) is 3.29. The Kier molecular flexibility index (Phi) is 5.69. The van der Waals surface area contributed by atoms with E-state index in [9.17, 15) is 4.79 Å². The highest BCUT2D eigenvalue weighted by Crippen LogP contribution is 2.23. The summed E-state index contributed by atoms with van der Waals surface area (Å²) in [5.41, 5.74) is 1.11. The molecule has 7 heteroatoms. The van der Waals surface area contributed by atoms with Gasteiger partial charge in [0.15, 0.2) is 0 Å². The molecule has 3 aromatic rings. The second-order valence-electron chi connectivity index (χ2n) is 5.12. The number of thioether (sulfide) groups is 1. The number of rotatable bonds is 8. The van der Waals surface area contributed by atoms with Gasteiger partial charge >= 0.3 is 5.97 Å². The molecule has 0 unspecified atom stereocenters. The molecule has 0 saturated heterocycles. The Bertz CT molecular complexity index is 836. The van der Waals surface area contributed by atoms with Gasteiger partial charge in [0.25, 0.3) is 5.22 Å². The number of aromatic nitrogens is 2.